The number of esters is 1. The van der Waals surface area contributed by atoms with Gasteiger partial charge in [-0.15, -0.1) is 0 Å². The fourth-order valence-electron chi connectivity index (χ4n) is 5.10. The summed E-state index contributed by atoms with van der Waals surface area (Å²) in [6.45, 7) is 0.440. The molecule has 0 radical (unpaired) electrons. The summed E-state index contributed by atoms with van der Waals surface area (Å²) in [4.78, 5) is 15.8. The highest BCUT2D eigenvalue weighted by atomic mass is 32.2. The van der Waals surface area contributed by atoms with Crippen LogP contribution in [-0.2, 0) is 25.8 Å². The van der Waals surface area contributed by atoms with Gasteiger partial charge in [-0.2, -0.15) is 0 Å². The Hall–Kier alpha value is -2.96. The van der Waals surface area contributed by atoms with Crippen LogP contribution in [0.25, 0.3) is 0 Å². The topological polar surface area (TPSA) is 63.7 Å². The summed E-state index contributed by atoms with van der Waals surface area (Å²) in [6, 6.07) is 26.6. The van der Waals surface area contributed by atoms with Crippen molar-refractivity contribution in [2.45, 2.75) is 22.1 Å². The van der Waals surface area contributed by atoms with Crippen molar-refractivity contribution in [3.63, 3.8) is 0 Å². The standard InChI is InChI=1S/C26H27NO4S/c1-27-19-22(18-20-12-6-3-7-13-20)26(25(28)31-2,24(27)21-14-8-4-9-15-21)32(29,30)23-16-10-5-11-17-23/h3-17,22,24H,18-19H2,1-2H3/t22-,24+,26-/m1/s1. The SMILES string of the molecule is COC(=O)[C@@]1(S(=O)(=O)c2ccccc2)[C@H](Cc2ccccc2)CN(C)[C@H]1c1ccccc1. The molecule has 166 valence electrons. The van der Waals surface area contributed by atoms with Gasteiger partial charge in [0.05, 0.1) is 18.0 Å². The zero-order valence-electron chi connectivity index (χ0n) is 18.2. The smallest absolute Gasteiger partial charge is 0.329 e. The molecule has 3 aromatic rings. The molecule has 5 nitrogen and oxygen atoms in total. The number of hydrogen-bond acceptors (Lipinski definition) is 5. The minimum absolute atomic E-state index is 0.125. The van der Waals surface area contributed by atoms with E-state index in [1.807, 2.05) is 72.6 Å². The van der Waals surface area contributed by atoms with Crippen LogP contribution in [0, 0.1) is 5.92 Å². The van der Waals surface area contributed by atoms with Crippen molar-refractivity contribution >= 4 is 15.8 Å². The Morgan fingerprint density at radius 2 is 1.47 bits per heavy atom. The average molecular weight is 450 g/mol. The molecular weight excluding hydrogens is 422 g/mol. The molecule has 0 spiro atoms. The maximum absolute atomic E-state index is 14.4. The van der Waals surface area contributed by atoms with Gasteiger partial charge in [-0.05, 0) is 36.7 Å². The molecule has 0 amide bonds. The highest BCUT2D eigenvalue weighted by Gasteiger charge is 2.67. The Labute approximate surface area is 189 Å². The third kappa shape index (κ3) is 3.53. The van der Waals surface area contributed by atoms with Crippen LogP contribution < -0.4 is 0 Å². The minimum atomic E-state index is -4.13. The molecule has 0 aliphatic carbocycles. The summed E-state index contributed by atoms with van der Waals surface area (Å²) in [5.74, 6) is -1.22. The predicted octanol–water partition coefficient (Wildman–Crippen LogP) is 3.92. The number of ether oxygens (including phenoxy) is 1. The predicted molar refractivity (Wildman–Crippen MR) is 124 cm³/mol. The van der Waals surface area contributed by atoms with Crippen LogP contribution in [0.2, 0.25) is 0 Å². The van der Waals surface area contributed by atoms with E-state index in [2.05, 4.69) is 0 Å². The van der Waals surface area contributed by atoms with Crippen LogP contribution in [-0.4, -0.2) is 44.7 Å². The Morgan fingerprint density at radius 1 is 0.938 bits per heavy atom. The van der Waals surface area contributed by atoms with Crippen molar-refractivity contribution in [1.82, 2.24) is 4.90 Å². The lowest BCUT2D eigenvalue weighted by molar-refractivity contribution is -0.145. The largest absolute Gasteiger partial charge is 0.468 e. The molecule has 3 atom stereocenters. The summed E-state index contributed by atoms with van der Waals surface area (Å²) < 4.78 is 32.2. The van der Waals surface area contributed by atoms with Crippen molar-refractivity contribution < 1.29 is 17.9 Å². The Morgan fingerprint density at radius 3 is 2.03 bits per heavy atom. The van der Waals surface area contributed by atoms with Gasteiger partial charge >= 0.3 is 5.97 Å². The maximum atomic E-state index is 14.4. The first-order valence-corrected chi connectivity index (χ1v) is 12.1. The second-order valence-electron chi connectivity index (χ2n) is 8.24. The second-order valence-corrected chi connectivity index (χ2v) is 10.4. The monoisotopic (exact) mass is 449 g/mol. The van der Waals surface area contributed by atoms with E-state index >= 15 is 0 Å². The van der Waals surface area contributed by atoms with E-state index in [-0.39, 0.29) is 4.90 Å². The van der Waals surface area contributed by atoms with Gasteiger partial charge in [-0.3, -0.25) is 9.69 Å². The first-order chi connectivity index (χ1) is 15.4. The van der Waals surface area contributed by atoms with Crippen molar-refractivity contribution in [2.24, 2.45) is 5.92 Å². The van der Waals surface area contributed by atoms with Gasteiger partial charge < -0.3 is 4.74 Å². The van der Waals surface area contributed by atoms with Gasteiger partial charge in [0.25, 0.3) is 0 Å². The number of sulfone groups is 1. The van der Waals surface area contributed by atoms with Gasteiger partial charge in [0, 0.05) is 12.5 Å². The molecule has 1 aliphatic rings. The van der Waals surface area contributed by atoms with Gasteiger partial charge in [0.15, 0.2) is 14.6 Å². The molecule has 0 unspecified atom stereocenters. The van der Waals surface area contributed by atoms with Crippen LogP contribution in [0.15, 0.2) is 95.9 Å². The number of nitrogens with zero attached hydrogens (tertiary/aromatic N) is 1. The number of benzene rings is 3. The molecule has 1 heterocycles. The fourth-order valence-corrected chi connectivity index (χ4v) is 7.51. The molecule has 0 bridgehead atoms. The summed E-state index contributed by atoms with van der Waals surface area (Å²) in [7, 11) is -0.983. The van der Waals surface area contributed by atoms with Gasteiger partial charge in [-0.25, -0.2) is 8.42 Å². The molecule has 1 fully saturated rings. The van der Waals surface area contributed by atoms with Gasteiger partial charge in [0.2, 0.25) is 0 Å². The second kappa shape index (κ2) is 8.88. The van der Waals surface area contributed by atoms with E-state index in [1.54, 1.807) is 30.3 Å². The Kier molecular flexibility index (Phi) is 6.17. The number of carbonyl (C=O) groups excluding carboxylic acids is 1. The number of hydrogen-bond donors (Lipinski definition) is 0. The summed E-state index contributed by atoms with van der Waals surface area (Å²) in [6.07, 6.45) is 0.440. The van der Waals surface area contributed by atoms with Gasteiger partial charge in [0.1, 0.15) is 0 Å². The lowest BCUT2D eigenvalue weighted by Gasteiger charge is -2.37. The number of rotatable bonds is 6. The van der Waals surface area contributed by atoms with Crippen LogP contribution >= 0.6 is 0 Å². The Balaban J connectivity index is 1.99. The van der Waals surface area contributed by atoms with Crippen molar-refractivity contribution in [1.29, 1.82) is 0 Å². The van der Waals surface area contributed by atoms with E-state index in [0.717, 1.165) is 11.1 Å². The number of carbonyl (C=O) groups is 1. The van der Waals surface area contributed by atoms with E-state index in [0.29, 0.717) is 13.0 Å². The molecule has 32 heavy (non-hydrogen) atoms. The van der Waals surface area contributed by atoms with E-state index in [4.69, 9.17) is 4.74 Å². The molecule has 0 aromatic heterocycles. The molecular formula is C26H27NO4S. The molecule has 0 N–H and O–H groups in total. The normalized spacial score (nSPS) is 23.7. The number of likely N-dealkylation sites (tertiary alicyclic amines) is 1. The van der Waals surface area contributed by atoms with Crippen molar-refractivity contribution in [3.05, 3.63) is 102 Å². The highest BCUT2D eigenvalue weighted by molar-refractivity contribution is 7.93. The van der Waals surface area contributed by atoms with Crippen LogP contribution in [0.1, 0.15) is 17.2 Å². The summed E-state index contributed by atoms with van der Waals surface area (Å²) in [5, 5.41) is 0. The molecule has 3 aromatic carbocycles. The Bertz CT molecular complexity index is 1170. The first-order valence-electron chi connectivity index (χ1n) is 10.6. The van der Waals surface area contributed by atoms with E-state index in [1.165, 1.54) is 7.11 Å². The summed E-state index contributed by atoms with van der Waals surface area (Å²) >= 11 is 0. The van der Waals surface area contributed by atoms with Gasteiger partial charge in [-0.1, -0.05) is 78.9 Å². The molecule has 0 saturated carbocycles. The van der Waals surface area contributed by atoms with E-state index < -0.39 is 32.5 Å². The molecule has 1 saturated heterocycles. The molecule has 4 rings (SSSR count). The first kappa shape index (κ1) is 22.2. The highest BCUT2D eigenvalue weighted by Crippen LogP contribution is 2.52. The number of methoxy groups -OCH3 is 1. The van der Waals surface area contributed by atoms with Crippen LogP contribution in [0.4, 0.5) is 0 Å². The zero-order chi connectivity index (χ0) is 22.8. The lowest BCUT2D eigenvalue weighted by atomic mass is 9.82. The third-order valence-electron chi connectivity index (χ3n) is 6.40. The fraction of sp³-hybridized carbons (Fsp3) is 0.269. The maximum Gasteiger partial charge on any atom is 0.329 e. The van der Waals surface area contributed by atoms with E-state index in [9.17, 15) is 13.2 Å². The van der Waals surface area contributed by atoms with Crippen molar-refractivity contribution in [2.75, 3.05) is 20.7 Å². The third-order valence-corrected chi connectivity index (χ3v) is 8.91. The average Bonchev–Trinajstić information content (AvgIpc) is 3.13. The summed E-state index contributed by atoms with van der Waals surface area (Å²) in [5.41, 5.74) is 1.76. The molecule has 6 heteroatoms. The van der Waals surface area contributed by atoms with Crippen molar-refractivity contribution in [3.8, 4) is 0 Å². The zero-order valence-corrected chi connectivity index (χ0v) is 19.0. The lowest BCUT2D eigenvalue weighted by Crippen LogP contribution is -2.55. The van der Waals surface area contributed by atoms with Crippen LogP contribution in [0.5, 0.6) is 0 Å². The minimum Gasteiger partial charge on any atom is -0.468 e. The molecule has 1 aliphatic heterocycles. The van der Waals surface area contributed by atoms with Crippen LogP contribution in [0.3, 0.4) is 0 Å². The quantitative estimate of drug-likeness (QED) is 0.534.